The SMILES string of the molecule is CC.Cc1c(C(=O)NCC(O)CO)c(C)c(N(CCO)C(=O)CO)c(C)c1C(=O)NCC(O)CO. The Hall–Kier alpha value is -2.61. The number of rotatable bonds is 12. The van der Waals surface area contributed by atoms with Gasteiger partial charge in [-0.2, -0.15) is 0 Å². The first-order valence-corrected chi connectivity index (χ1v) is 11.4. The predicted molar refractivity (Wildman–Crippen MR) is 129 cm³/mol. The summed E-state index contributed by atoms with van der Waals surface area (Å²) in [6.45, 7) is 5.38. The lowest BCUT2D eigenvalue weighted by atomic mass is 9.89. The van der Waals surface area contributed by atoms with Crippen LogP contribution in [-0.2, 0) is 4.79 Å². The second-order valence-electron chi connectivity index (χ2n) is 7.49. The molecule has 0 bridgehead atoms. The zero-order chi connectivity index (χ0) is 27.3. The molecule has 0 spiro atoms. The number of hydrogen-bond donors (Lipinski definition) is 8. The summed E-state index contributed by atoms with van der Waals surface area (Å²) in [6, 6.07) is 0. The highest BCUT2D eigenvalue weighted by molar-refractivity contribution is 6.08. The van der Waals surface area contributed by atoms with E-state index >= 15 is 0 Å². The molecule has 3 amide bonds. The molecule has 200 valence electrons. The van der Waals surface area contributed by atoms with Crippen LogP contribution in [0.25, 0.3) is 0 Å². The predicted octanol–water partition coefficient (Wildman–Crippen LogP) is -1.88. The minimum atomic E-state index is -1.20. The van der Waals surface area contributed by atoms with Crippen molar-refractivity contribution >= 4 is 23.4 Å². The van der Waals surface area contributed by atoms with Gasteiger partial charge in [0, 0.05) is 30.8 Å². The molecule has 2 atom stereocenters. The molecular formula is C23H39N3O9. The standard InChI is InChI=1S/C21H33N3O9.C2H6/c1-11-17(20(32)22-6-14(29)8-26)12(2)19(24(4-5-25)16(31)10-28)13(3)18(11)21(33)23-7-15(30)9-27;1-2/h14-15,25-30H,4-10H2,1-3H3,(H,22,32)(H,23,33);1-2H3. The van der Waals surface area contributed by atoms with Gasteiger partial charge in [-0.1, -0.05) is 13.8 Å². The summed E-state index contributed by atoms with van der Waals surface area (Å²) in [7, 11) is 0. The molecule has 8 N–H and O–H groups in total. The minimum absolute atomic E-state index is 0.0299. The second kappa shape index (κ2) is 16.1. The van der Waals surface area contributed by atoms with Crippen molar-refractivity contribution < 1.29 is 45.0 Å². The Morgan fingerprint density at radius 1 is 0.771 bits per heavy atom. The van der Waals surface area contributed by atoms with Crippen molar-refractivity contribution in [1.29, 1.82) is 0 Å². The van der Waals surface area contributed by atoms with Gasteiger partial charge < -0.3 is 46.2 Å². The van der Waals surface area contributed by atoms with Gasteiger partial charge in [-0.05, 0) is 37.5 Å². The van der Waals surface area contributed by atoms with Crippen LogP contribution >= 0.6 is 0 Å². The van der Waals surface area contributed by atoms with Crippen LogP contribution in [0.3, 0.4) is 0 Å². The third-order valence-electron chi connectivity index (χ3n) is 5.11. The molecule has 0 aliphatic heterocycles. The number of nitrogens with zero attached hydrogens (tertiary/aromatic N) is 1. The molecule has 0 aliphatic carbocycles. The van der Waals surface area contributed by atoms with E-state index in [1.54, 1.807) is 13.8 Å². The van der Waals surface area contributed by atoms with E-state index in [0.29, 0.717) is 11.1 Å². The summed E-state index contributed by atoms with van der Waals surface area (Å²) in [4.78, 5) is 39.4. The van der Waals surface area contributed by atoms with E-state index in [1.807, 2.05) is 13.8 Å². The number of amides is 3. The normalized spacial score (nSPS) is 12.2. The van der Waals surface area contributed by atoms with E-state index in [-0.39, 0.29) is 42.0 Å². The summed E-state index contributed by atoms with van der Waals surface area (Å²) < 4.78 is 0. The van der Waals surface area contributed by atoms with Gasteiger partial charge in [0.1, 0.15) is 6.61 Å². The number of benzene rings is 1. The van der Waals surface area contributed by atoms with E-state index in [2.05, 4.69) is 10.6 Å². The fraction of sp³-hybridized carbons (Fsp3) is 0.609. The van der Waals surface area contributed by atoms with Crippen LogP contribution in [0.5, 0.6) is 0 Å². The van der Waals surface area contributed by atoms with Gasteiger partial charge in [0.15, 0.2) is 0 Å². The fourth-order valence-electron chi connectivity index (χ4n) is 3.57. The van der Waals surface area contributed by atoms with E-state index in [1.165, 1.54) is 6.92 Å². The maximum Gasteiger partial charge on any atom is 0.252 e. The molecule has 1 rings (SSSR count). The van der Waals surface area contributed by atoms with E-state index < -0.39 is 56.4 Å². The molecule has 0 aliphatic rings. The lowest BCUT2D eigenvalue weighted by Gasteiger charge is -2.29. The van der Waals surface area contributed by atoms with Gasteiger partial charge in [-0.3, -0.25) is 14.4 Å². The molecule has 2 unspecified atom stereocenters. The average Bonchev–Trinajstić information content (AvgIpc) is 2.85. The summed E-state index contributed by atoms with van der Waals surface area (Å²) in [5.74, 6) is -2.12. The number of carbonyl (C=O) groups is 3. The van der Waals surface area contributed by atoms with Gasteiger partial charge in [0.2, 0.25) is 0 Å². The first kappa shape index (κ1) is 32.4. The summed E-state index contributed by atoms with van der Waals surface area (Å²) >= 11 is 0. The van der Waals surface area contributed by atoms with Crippen molar-refractivity contribution in [2.75, 3.05) is 51.0 Å². The van der Waals surface area contributed by atoms with Crippen molar-refractivity contribution in [3.05, 3.63) is 27.8 Å². The number of aliphatic hydroxyl groups excluding tert-OH is 6. The number of carbonyl (C=O) groups excluding carboxylic acids is 3. The van der Waals surface area contributed by atoms with Crippen LogP contribution in [0.2, 0.25) is 0 Å². The molecule has 35 heavy (non-hydrogen) atoms. The molecule has 0 heterocycles. The molecule has 1 aromatic carbocycles. The number of nitrogens with one attached hydrogen (secondary N) is 2. The highest BCUT2D eigenvalue weighted by Gasteiger charge is 2.29. The molecule has 0 radical (unpaired) electrons. The van der Waals surface area contributed by atoms with Crippen molar-refractivity contribution in [2.24, 2.45) is 0 Å². The molecule has 12 nitrogen and oxygen atoms in total. The zero-order valence-corrected chi connectivity index (χ0v) is 21.0. The smallest absolute Gasteiger partial charge is 0.252 e. The van der Waals surface area contributed by atoms with Crippen LogP contribution < -0.4 is 15.5 Å². The molecule has 0 fully saturated rings. The topological polar surface area (TPSA) is 200 Å². The molecule has 0 saturated heterocycles. The van der Waals surface area contributed by atoms with Gasteiger partial charge in [-0.15, -0.1) is 0 Å². The molecule has 0 aromatic heterocycles. The van der Waals surface area contributed by atoms with Crippen molar-refractivity contribution in [3.63, 3.8) is 0 Å². The third kappa shape index (κ3) is 8.53. The Bertz CT molecular complexity index is 808. The van der Waals surface area contributed by atoms with E-state index in [0.717, 1.165) is 4.90 Å². The van der Waals surface area contributed by atoms with Crippen LogP contribution in [-0.4, -0.2) is 107 Å². The number of anilines is 1. The summed E-state index contributed by atoms with van der Waals surface area (Å²) in [5.41, 5.74) is 1.05. The van der Waals surface area contributed by atoms with E-state index in [9.17, 15) is 34.8 Å². The van der Waals surface area contributed by atoms with Gasteiger partial charge in [-0.25, -0.2) is 0 Å². The van der Waals surface area contributed by atoms with Crippen molar-refractivity contribution in [3.8, 4) is 0 Å². The summed E-state index contributed by atoms with van der Waals surface area (Å²) in [6.07, 6.45) is -2.41. The van der Waals surface area contributed by atoms with Gasteiger partial charge in [0.05, 0.1) is 37.7 Å². The summed E-state index contributed by atoms with van der Waals surface area (Å²) in [5, 5.41) is 60.9. The quantitative estimate of drug-likeness (QED) is 0.161. The maximum atomic E-state index is 13.0. The largest absolute Gasteiger partial charge is 0.395 e. The molecular weight excluding hydrogens is 462 g/mol. The minimum Gasteiger partial charge on any atom is -0.395 e. The maximum absolute atomic E-state index is 13.0. The monoisotopic (exact) mass is 501 g/mol. The molecule has 0 saturated carbocycles. The van der Waals surface area contributed by atoms with Gasteiger partial charge >= 0.3 is 0 Å². The molecule has 12 heteroatoms. The fourth-order valence-corrected chi connectivity index (χ4v) is 3.57. The Balaban J connectivity index is 0.00000562. The molecule has 1 aromatic rings. The Morgan fingerprint density at radius 2 is 1.17 bits per heavy atom. The Kier molecular flexibility index (Phi) is 14.9. The lowest BCUT2D eigenvalue weighted by Crippen LogP contribution is -2.40. The highest BCUT2D eigenvalue weighted by Crippen LogP contribution is 2.34. The Morgan fingerprint density at radius 3 is 1.49 bits per heavy atom. The first-order valence-electron chi connectivity index (χ1n) is 11.4. The lowest BCUT2D eigenvalue weighted by molar-refractivity contribution is -0.121. The number of aliphatic hydroxyl groups is 6. The van der Waals surface area contributed by atoms with Crippen LogP contribution in [0.15, 0.2) is 0 Å². The second-order valence-corrected chi connectivity index (χ2v) is 7.49. The van der Waals surface area contributed by atoms with Crippen LogP contribution in [0.4, 0.5) is 5.69 Å². The van der Waals surface area contributed by atoms with E-state index in [4.69, 9.17) is 10.2 Å². The highest BCUT2D eigenvalue weighted by atomic mass is 16.3. The van der Waals surface area contributed by atoms with Crippen molar-refractivity contribution in [1.82, 2.24) is 10.6 Å². The average molecular weight is 502 g/mol. The first-order chi connectivity index (χ1) is 16.5. The van der Waals surface area contributed by atoms with Gasteiger partial charge in [0.25, 0.3) is 17.7 Å². The third-order valence-corrected chi connectivity index (χ3v) is 5.11. The van der Waals surface area contributed by atoms with Crippen LogP contribution in [0.1, 0.15) is 51.3 Å². The number of hydrogen-bond acceptors (Lipinski definition) is 9. The van der Waals surface area contributed by atoms with Crippen LogP contribution in [0, 0.1) is 20.8 Å². The Labute approximate surface area is 205 Å². The van der Waals surface area contributed by atoms with Crippen molar-refractivity contribution in [2.45, 2.75) is 46.8 Å². The zero-order valence-electron chi connectivity index (χ0n) is 21.0.